The number of hydrogen-bond donors (Lipinski definition) is 0. The number of para-hydroxylation sites is 1. The summed E-state index contributed by atoms with van der Waals surface area (Å²) in [6.07, 6.45) is 1.61. The fourth-order valence-electron chi connectivity index (χ4n) is 1.93. The average molecular weight is 272 g/mol. The zero-order valence-corrected chi connectivity index (χ0v) is 10.9. The summed E-state index contributed by atoms with van der Waals surface area (Å²) in [5.74, 6) is 0.0113. The molecule has 0 aliphatic heterocycles. The first-order valence-corrected chi connectivity index (χ1v) is 6.18. The summed E-state index contributed by atoms with van der Waals surface area (Å²) >= 11 is 6.03. The minimum absolute atomic E-state index is 0.240. The Labute approximate surface area is 114 Å². The van der Waals surface area contributed by atoms with Gasteiger partial charge in [0.25, 0.3) is 0 Å². The van der Waals surface area contributed by atoms with E-state index in [1.54, 1.807) is 24.4 Å². The van der Waals surface area contributed by atoms with Crippen molar-refractivity contribution in [2.75, 3.05) is 0 Å². The summed E-state index contributed by atoms with van der Waals surface area (Å²) in [6.45, 7) is 1.91. The lowest BCUT2D eigenvalue weighted by Crippen LogP contribution is -2.02. The molecular weight excluding hydrogens is 262 g/mol. The lowest BCUT2D eigenvalue weighted by Gasteiger charge is -1.97. The number of benzene rings is 1. The molecule has 0 bridgehead atoms. The highest BCUT2D eigenvalue weighted by atomic mass is 35.5. The number of aryl methyl sites for hydroxylation is 1. The molecule has 0 amide bonds. The van der Waals surface area contributed by atoms with Crippen LogP contribution < -0.4 is 0 Å². The molecule has 0 N–H and O–H groups in total. The third kappa shape index (κ3) is 2.13. The molecule has 0 aliphatic carbocycles. The van der Waals surface area contributed by atoms with E-state index in [-0.39, 0.29) is 11.5 Å². The van der Waals surface area contributed by atoms with Gasteiger partial charge < -0.3 is 4.42 Å². The van der Waals surface area contributed by atoms with Gasteiger partial charge in [-0.25, -0.2) is 0 Å². The first-order valence-electron chi connectivity index (χ1n) is 5.80. The van der Waals surface area contributed by atoms with Crippen LogP contribution in [0.3, 0.4) is 0 Å². The summed E-state index contributed by atoms with van der Waals surface area (Å²) in [6, 6.07) is 10.7. The van der Waals surface area contributed by atoms with Crippen LogP contribution in [0.2, 0.25) is 5.02 Å². The summed E-state index contributed by atoms with van der Waals surface area (Å²) in [5, 5.41) is 1.30. The van der Waals surface area contributed by atoms with Crippen molar-refractivity contribution in [3.05, 3.63) is 64.6 Å². The Bertz CT molecular complexity index is 777. The second-order valence-corrected chi connectivity index (χ2v) is 4.72. The number of rotatable bonds is 2. The summed E-state index contributed by atoms with van der Waals surface area (Å²) in [7, 11) is 0. The van der Waals surface area contributed by atoms with Crippen molar-refractivity contribution < 1.29 is 9.21 Å². The highest BCUT2D eigenvalue weighted by molar-refractivity contribution is 6.35. The van der Waals surface area contributed by atoms with Crippen LogP contribution >= 0.6 is 11.6 Å². The van der Waals surface area contributed by atoms with Gasteiger partial charge in [0, 0.05) is 11.6 Å². The molecule has 0 atom stereocenters. The third-order valence-electron chi connectivity index (χ3n) is 2.87. The third-order valence-corrected chi connectivity index (χ3v) is 3.17. The van der Waals surface area contributed by atoms with Crippen molar-refractivity contribution in [1.82, 2.24) is 4.98 Å². The lowest BCUT2D eigenvalue weighted by atomic mass is 10.1. The number of furan rings is 1. The number of hydrogen-bond acceptors (Lipinski definition) is 3. The van der Waals surface area contributed by atoms with Crippen LogP contribution in [0.25, 0.3) is 11.0 Å². The Morgan fingerprint density at radius 1 is 1.26 bits per heavy atom. The molecule has 0 saturated heterocycles. The van der Waals surface area contributed by atoms with Crippen molar-refractivity contribution in [3.63, 3.8) is 0 Å². The largest absolute Gasteiger partial charge is 0.451 e. The molecule has 0 fully saturated rings. The predicted molar refractivity (Wildman–Crippen MR) is 73.6 cm³/mol. The van der Waals surface area contributed by atoms with Crippen molar-refractivity contribution in [1.29, 1.82) is 0 Å². The van der Waals surface area contributed by atoms with Gasteiger partial charge in [0.1, 0.15) is 5.69 Å². The quantitative estimate of drug-likeness (QED) is 0.661. The van der Waals surface area contributed by atoms with Crippen LogP contribution in [0, 0.1) is 6.92 Å². The van der Waals surface area contributed by atoms with Crippen LogP contribution in [-0.2, 0) is 0 Å². The number of carbonyl (C=O) groups is 1. The Hall–Kier alpha value is -2.13. The fourth-order valence-corrected chi connectivity index (χ4v) is 2.15. The van der Waals surface area contributed by atoms with Crippen LogP contribution in [-0.4, -0.2) is 10.8 Å². The van der Waals surface area contributed by atoms with Crippen molar-refractivity contribution >= 4 is 28.4 Å². The highest BCUT2D eigenvalue weighted by Gasteiger charge is 2.16. The second-order valence-electron chi connectivity index (χ2n) is 4.32. The van der Waals surface area contributed by atoms with Gasteiger partial charge in [-0.2, -0.15) is 0 Å². The van der Waals surface area contributed by atoms with E-state index >= 15 is 0 Å². The van der Waals surface area contributed by atoms with Crippen molar-refractivity contribution in [3.8, 4) is 0 Å². The van der Waals surface area contributed by atoms with Crippen molar-refractivity contribution in [2.24, 2.45) is 0 Å². The van der Waals surface area contributed by atoms with E-state index < -0.39 is 0 Å². The van der Waals surface area contributed by atoms with Gasteiger partial charge in [-0.3, -0.25) is 9.78 Å². The topological polar surface area (TPSA) is 43.1 Å². The van der Waals surface area contributed by atoms with Gasteiger partial charge in [-0.05, 0) is 36.8 Å². The Kier molecular flexibility index (Phi) is 2.84. The molecule has 4 heteroatoms. The zero-order chi connectivity index (χ0) is 13.4. The fraction of sp³-hybridized carbons (Fsp3) is 0.0667. The van der Waals surface area contributed by atoms with Gasteiger partial charge in [0.2, 0.25) is 5.78 Å². The average Bonchev–Trinajstić information content (AvgIpc) is 2.83. The molecule has 94 valence electrons. The number of pyridine rings is 1. The van der Waals surface area contributed by atoms with Gasteiger partial charge in [0.05, 0.1) is 5.02 Å². The molecule has 1 aromatic carbocycles. The number of fused-ring (bicyclic) bond motifs is 1. The molecule has 2 aromatic heterocycles. The molecule has 0 aliphatic rings. The Balaban J connectivity index is 2.09. The van der Waals surface area contributed by atoms with E-state index in [1.807, 2.05) is 25.1 Å². The summed E-state index contributed by atoms with van der Waals surface area (Å²) in [5.41, 5.74) is 1.88. The SMILES string of the molecule is Cc1ccnc(C(=O)c2cc3cccc(Cl)c3o2)c1. The standard InChI is InChI=1S/C15H10ClNO2/c1-9-5-6-17-12(7-9)14(18)13-8-10-3-2-4-11(16)15(10)19-13/h2-8H,1H3. The summed E-state index contributed by atoms with van der Waals surface area (Å²) < 4.78 is 5.53. The van der Waals surface area contributed by atoms with Crippen LogP contribution in [0.15, 0.2) is 47.0 Å². The monoisotopic (exact) mass is 271 g/mol. The molecular formula is C15H10ClNO2. The van der Waals surface area contributed by atoms with Gasteiger partial charge in [0.15, 0.2) is 11.3 Å². The minimum Gasteiger partial charge on any atom is -0.451 e. The maximum atomic E-state index is 12.3. The highest BCUT2D eigenvalue weighted by Crippen LogP contribution is 2.27. The molecule has 0 saturated carbocycles. The van der Waals surface area contributed by atoms with E-state index in [9.17, 15) is 4.79 Å². The summed E-state index contributed by atoms with van der Waals surface area (Å²) in [4.78, 5) is 16.3. The van der Waals surface area contributed by atoms with E-state index in [0.29, 0.717) is 16.3 Å². The minimum atomic E-state index is -0.240. The van der Waals surface area contributed by atoms with E-state index in [2.05, 4.69) is 4.98 Å². The Morgan fingerprint density at radius 3 is 2.84 bits per heavy atom. The van der Waals surface area contributed by atoms with Gasteiger partial charge in [-0.1, -0.05) is 23.7 Å². The van der Waals surface area contributed by atoms with E-state index in [0.717, 1.165) is 10.9 Å². The first kappa shape index (κ1) is 11.9. The molecule has 2 heterocycles. The second kappa shape index (κ2) is 4.52. The molecule has 0 unspecified atom stereocenters. The number of carbonyl (C=O) groups excluding carboxylic acids is 1. The molecule has 3 aromatic rings. The maximum absolute atomic E-state index is 12.3. The molecule has 3 nitrogen and oxygen atoms in total. The number of ketones is 1. The van der Waals surface area contributed by atoms with E-state index in [1.165, 1.54) is 0 Å². The molecule has 0 radical (unpaired) electrons. The number of nitrogens with zero attached hydrogens (tertiary/aromatic N) is 1. The first-order chi connectivity index (χ1) is 9.15. The van der Waals surface area contributed by atoms with E-state index in [4.69, 9.17) is 16.0 Å². The van der Waals surface area contributed by atoms with Gasteiger partial charge in [-0.15, -0.1) is 0 Å². The zero-order valence-electron chi connectivity index (χ0n) is 10.2. The number of halogens is 1. The molecule has 3 rings (SSSR count). The normalized spacial score (nSPS) is 10.8. The van der Waals surface area contributed by atoms with Crippen LogP contribution in [0.4, 0.5) is 0 Å². The predicted octanol–water partition coefficient (Wildman–Crippen LogP) is 4.02. The van der Waals surface area contributed by atoms with Crippen LogP contribution in [0.5, 0.6) is 0 Å². The maximum Gasteiger partial charge on any atom is 0.246 e. The smallest absolute Gasteiger partial charge is 0.246 e. The Morgan fingerprint density at radius 2 is 2.11 bits per heavy atom. The van der Waals surface area contributed by atoms with Gasteiger partial charge >= 0.3 is 0 Å². The van der Waals surface area contributed by atoms with Crippen molar-refractivity contribution in [2.45, 2.75) is 6.92 Å². The lowest BCUT2D eigenvalue weighted by molar-refractivity contribution is 0.101. The van der Waals surface area contributed by atoms with Crippen LogP contribution in [0.1, 0.15) is 21.8 Å². The number of aromatic nitrogens is 1. The molecule has 19 heavy (non-hydrogen) atoms. The molecule has 0 spiro atoms.